The van der Waals surface area contributed by atoms with Crippen molar-refractivity contribution in [3.63, 3.8) is 0 Å². The Balaban J connectivity index is 0.00000243. The molecule has 122 valence electrons. The molecule has 0 aliphatic rings. The second-order valence-corrected chi connectivity index (χ2v) is 5.28. The number of carboxylic acids is 1. The zero-order valence-corrected chi connectivity index (χ0v) is 15.9. The Morgan fingerprint density at radius 1 is 1.08 bits per heavy atom. The second kappa shape index (κ2) is 8.02. The number of carbonyl (C=O) groups is 1. The summed E-state index contributed by atoms with van der Waals surface area (Å²) in [6.07, 6.45) is 0. The topological polar surface area (TPSA) is 123 Å². The van der Waals surface area contributed by atoms with E-state index < -0.39 is 5.97 Å². The number of pyridine rings is 1. The third-order valence-electron chi connectivity index (χ3n) is 3.78. The van der Waals surface area contributed by atoms with Gasteiger partial charge in [0.1, 0.15) is 23.2 Å². The smallest absolute Gasteiger partial charge is 0.545 e. The van der Waals surface area contributed by atoms with Gasteiger partial charge in [-0.2, -0.15) is 5.26 Å². The molecule has 0 fully saturated rings. The molecule has 0 spiro atoms. The molecule has 0 atom stereocenters. The van der Waals surface area contributed by atoms with Crippen LogP contribution in [0.25, 0.3) is 22.4 Å². The normalized spacial score (nSPS) is 9.81. The number of anilines is 1. The van der Waals surface area contributed by atoms with Crippen LogP contribution in [-0.2, 0) is 0 Å². The molecule has 0 bridgehead atoms. The molecule has 0 aliphatic heterocycles. The average Bonchev–Trinajstić information content (AvgIpc) is 2.61. The van der Waals surface area contributed by atoms with Gasteiger partial charge in [0.2, 0.25) is 0 Å². The number of nitrogens with two attached hydrogens (primary N) is 1. The number of phenolic OH excluding ortho intramolecular Hbond substituents is 1. The molecule has 6 nitrogen and oxygen atoms in total. The molecule has 1 heterocycles. The van der Waals surface area contributed by atoms with Gasteiger partial charge in [-0.25, -0.2) is 4.98 Å². The standard InChI is InChI=1S/C19H13N3O3.Na/c20-10-15-14(11-5-1-2-6-12(11)19(24)25)9-16(22-18(15)21)13-7-3-4-8-17(13)23;/h1-9,23H,(H2,21,22)(H,24,25);/q;+1/p-1. The summed E-state index contributed by atoms with van der Waals surface area (Å²) in [6.45, 7) is 0. The number of benzene rings is 2. The van der Waals surface area contributed by atoms with Crippen LogP contribution in [0.5, 0.6) is 5.75 Å². The Bertz CT molecular complexity index is 1030. The SMILES string of the molecule is N#Cc1c(-c2ccccc2C(=O)[O-])cc(-c2ccccc2O)nc1N.[Na+]. The van der Waals surface area contributed by atoms with Crippen molar-refractivity contribution in [3.05, 3.63) is 65.7 Å². The molecule has 3 aromatic rings. The van der Waals surface area contributed by atoms with Crippen LogP contribution in [0.15, 0.2) is 54.6 Å². The number of carboxylic acid groups (broad SMARTS) is 1. The number of nitrogens with zero attached hydrogens (tertiary/aromatic N) is 2. The number of nitriles is 1. The average molecular weight is 353 g/mol. The number of hydrogen-bond acceptors (Lipinski definition) is 6. The molecule has 0 radical (unpaired) electrons. The van der Waals surface area contributed by atoms with Gasteiger partial charge in [-0.15, -0.1) is 0 Å². The van der Waals surface area contributed by atoms with E-state index in [0.717, 1.165) is 0 Å². The summed E-state index contributed by atoms with van der Waals surface area (Å²) < 4.78 is 0. The van der Waals surface area contributed by atoms with Crippen LogP contribution in [0.4, 0.5) is 5.82 Å². The summed E-state index contributed by atoms with van der Waals surface area (Å²) in [5.74, 6) is -1.41. The minimum absolute atomic E-state index is 0. The van der Waals surface area contributed by atoms with Gasteiger partial charge in [-0.1, -0.05) is 36.4 Å². The summed E-state index contributed by atoms with van der Waals surface area (Å²) in [4.78, 5) is 15.6. The molecule has 1 aromatic heterocycles. The van der Waals surface area contributed by atoms with E-state index in [0.29, 0.717) is 22.4 Å². The molecular formula is C19H12N3NaO3. The largest absolute Gasteiger partial charge is 1.00 e. The van der Waals surface area contributed by atoms with E-state index >= 15 is 0 Å². The zero-order valence-electron chi connectivity index (χ0n) is 13.9. The van der Waals surface area contributed by atoms with Gasteiger partial charge >= 0.3 is 29.6 Å². The van der Waals surface area contributed by atoms with E-state index in [2.05, 4.69) is 4.98 Å². The summed E-state index contributed by atoms with van der Waals surface area (Å²) in [7, 11) is 0. The summed E-state index contributed by atoms with van der Waals surface area (Å²) in [6, 6.07) is 16.2. The van der Waals surface area contributed by atoms with Crippen molar-refractivity contribution >= 4 is 11.8 Å². The fourth-order valence-corrected chi connectivity index (χ4v) is 2.62. The van der Waals surface area contributed by atoms with Gasteiger partial charge in [-0.05, 0) is 23.8 Å². The van der Waals surface area contributed by atoms with Crippen molar-refractivity contribution in [2.45, 2.75) is 0 Å². The summed E-state index contributed by atoms with van der Waals surface area (Å²) in [5.41, 5.74) is 7.27. The predicted octanol–water partition coefficient (Wildman–Crippen LogP) is -1.06. The molecular weight excluding hydrogens is 341 g/mol. The Morgan fingerprint density at radius 3 is 2.31 bits per heavy atom. The number of para-hydroxylation sites is 1. The quantitative estimate of drug-likeness (QED) is 0.579. The Morgan fingerprint density at radius 2 is 1.69 bits per heavy atom. The van der Waals surface area contributed by atoms with Crippen LogP contribution < -0.4 is 40.4 Å². The van der Waals surface area contributed by atoms with Gasteiger partial charge in [-0.3, -0.25) is 0 Å². The van der Waals surface area contributed by atoms with Crippen molar-refractivity contribution in [1.82, 2.24) is 4.98 Å². The van der Waals surface area contributed by atoms with Crippen LogP contribution in [-0.4, -0.2) is 16.1 Å². The first-order valence-corrected chi connectivity index (χ1v) is 7.32. The molecule has 26 heavy (non-hydrogen) atoms. The number of rotatable bonds is 3. The third-order valence-corrected chi connectivity index (χ3v) is 3.78. The number of aromatic hydroxyl groups is 1. The first-order chi connectivity index (χ1) is 12.0. The monoisotopic (exact) mass is 353 g/mol. The number of carbonyl (C=O) groups excluding carboxylic acids is 1. The Hall–Kier alpha value is -2.85. The summed E-state index contributed by atoms with van der Waals surface area (Å²) in [5, 5.41) is 30.9. The van der Waals surface area contributed by atoms with Crippen molar-refractivity contribution in [2.24, 2.45) is 0 Å². The van der Waals surface area contributed by atoms with Crippen molar-refractivity contribution < 1.29 is 44.6 Å². The number of hydrogen-bond donors (Lipinski definition) is 2. The molecule has 0 amide bonds. The van der Waals surface area contributed by atoms with E-state index in [1.165, 1.54) is 18.2 Å². The zero-order chi connectivity index (χ0) is 18.0. The van der Waals surface area contributed by atoms with Crippen molar-refractivity contribution in [1.29, 1.82) is 5.26 Å². The van der Waals surface area contributed by atoms with Gasteiger partial charge < -0.3 is 20.7 Å². The first kappa shape index (κ1) is 19.5. The molecule has 3 rings (SSSR count). The maximum absolute atomic E-state index is 11.4. The van der Waals surface area contributed by atoms with E-state index in [-0.39, 0.29) is 52.3 Å². The number of phenols is 1. The van der Waals surface area contributed by atoms with Crippen LogP contribution >= 0.6 is 0 Å². The van der Waals surface area contributed by atoms with Gasteiger partial charge in [0.05, 0.1) is 11.7 Å². The van der Waals surface area contributed by atoms with Crippen molar-refractivity contribution in [2.75, 3.05) is 5.73 Å². The van der Waals surface area contributed by atoms with E-state index in [1.807, 2.05) is 6.07 Å². The van der Waals surface area contributed by atoms with E-state index in [9.17, 15) is 20.3 Å². The third kappa shape index (κ3) is 3.55. The number of nitrogen functional groups attached to an aromatic ring is 1. The maximum atomic E-state index is 11.4. The number of aromatic nitrogens is 1. The van der Waals surface area contributed by atoms with Gasteiger partial charge in [0.15, 0.2) is 0 Å². The van der Waals surface area contributed by atoms with Crippen LogP contribution in [0.2, 0.25) is 0 Å². The fraction of sp³-hybridized carbons (Fsp3) is 0. The van der Waals surface area contributed by atoms with Crippen LogP contribution in [0, 0.1) is 11.3 Å². The maximum Gasteiger partial charge on any atom is 1.00 e. The van der Waals surface area contributed by atoms with E-state index in [4.69, 9.17) is 5.73 Å². The Labute approximate surface area is 171 Å². The predicted molar refractivity (Wildman–Crippen MR) is 90.2 cm³/mol. The van der Waals surface area contributed by atoms with Gasteiger partial charge in [0.25, 0.3) is 0 Å². The molecule has 3 N–H and O–H groups in total. The Kier molecular flexibility index (Phi) is 6.01. The molecule has 0 saturated carbocycles. The molecule has 7 heteroatoms. The van der Waals surface area contributed by atoms with Gasteiger partial charge in [0, 0.05) is 16.7 Å². The second-order valence-electron chi connectivity index (χ2n) is 5.28. The van der Waals surface area contributed by atoms with Crippen molar-refractivity contribution in [3.8, 4) is 34.2 Å². The van der Waals surface area contributed by atoms with E-state index in [1.54, 1.807) is 36.4 Å². The molecule has 0 aliphatic carbocycles. The fourth-order valence-electron chi connectivity index (χ4n) is 2.62. The summed E-state index contributed by atoms with van der Waals surface area (Å²) >= 11 is 0. The molecule has 0 unspecified atom stereocenters. The van der Waals surface area contributed by atoms with Crippen LogP contribution in [0.1, 0.15) is 15.9 Å². The first-order valence-electron chi connectivity index (χ1n) is 7.32. The minimum Gasteiger partial charge on any atom is -0.545 e. The number of aromatic carboxylic acids is 1. The molecule has 0 saturated heterocycles. The molecule has 2 aromatic carbocycles. The van der Waals surface area contributed by atoms with Crippen LogP contribution in [0.3, 0.4) is 0 Å². The minimum atomic E-state index is -1.36.